The van der Waals surface area contributed by atoms with Gasteiger partial charge >= 0.3 is 0 Å². The van der Waals surface area contributed by atoms with Crippen LogP contribution in [0, 0.1) is 0 Å². The number of hydrogen-bond donors (Lipinski definition) is 0. The molecule has 1 aliphatic carbocycles. The molecule has 2 atom stereocenters. The Kier molecular flexibility index (Phi) is 7.43. The summed E-state index contributed by atoms with van der Waals surface area (Å²) >= 11 is 0. The van der Waals surface area contributed by atoms with E-state index in [0.29, 0.717) is 0 Å². The second kappa shape index (κ2) is 13.3. The molecule has 0 N–H and O–H groups in total. The van der Waals surface area contributed by atoms with Crippen molar-refractivity contribution in [3.63, 3.8) is 0 Å². The first-order valence-corrected chi connectivity index (χ1v) is 21.1. The molecule has 1 aromatic heterocycles. The van der Waals surface area contributed by atoms with Gasteiger partial charge in [0, 0.05) is 33.5 Å². The van der Waals surface area contributed by atoms with Crippen LogP contribution in [0.25, 0.3) is 81.7 Å². The van der Waals surface area contributed by atoms with E-state index in [0.717, 1.165) is 61.1 Å². The minimum atomic E-state index is -0.0423. The van der Waals surface area contributed by atoms with Crippen LogP contribution in [0.3, 0.4) is 0 Å². The molecule has 0 saturated heterocycles. The summed E-state index contributed by atoms with van der Waals surface area (Å²) in [5.41, 5.74) is 10.9. The first-order chi connectivity index (χ1) is 30.2. The molecule has 2 aliphatic rings. The Balaban J connectivity index is 0.999. The summed E-state index contributed by atoms with van der Waals surface area (Å²) in [4.78, 5) is 2.43. The Morgan fingerprint density at radius 1 is 0.459 bits per heavy atom. The third kappa shape index (κ3) is 5.30. The molecule has 3 nitrogen and oxygen atoms in total. The van der Waals surface area contributed by atoms with Gasteiger partial charge in [-0.3, -0.25) is 0 Å². The van der Waals surface area contributed by atoms with E-state index in [-0.39, 0.29) is 12.0 Å². The van der Waals surface area contributed by atoms with Gasteiger partial charge in [-0.25, -0.2) is 0 Å². The van der Waals surface area contributed by atoms with Crippen LogP contribution in [0.1, 0.15) is 17.0 Å². The lowest BCUT2D eigenvalue weighted by atomic mass is 9.85. The number of rotatable bonds is 5. The number of ether oxygens (including phenoxy) is 1. The first-order valence-electron chi connectivity index (χ1n) is 21.1. The Morgan fingerprint density at radius 2 is 1.11 bits per heavy atom. The normalized spacial score (nSPS) is 15.7. The van der Waals surface area contributed by atoms with Gasteiger partial charge in [0.25, 0.3) is 0 Å². The molecule has 0 radical (unpaired) electrons. The number of para-hydroxylation sites is 1. The fourth-order valence-corrected chi connectivity index (χ4v) is 10.1. The van der Waals surface area contributed by atoms with E-state index in [4.69, 9.17) is 9.15 Å². The maximum absolute atomic E-state index is 6.77. The molecule has 1 aliphatic heterocycles. The van der Waals surface area contributed by atoms with E-state index in [2.05, 4.69) is 217 Å². The highest BCUT2D eigenvalue weighted by Gasteiger charge is 2.34. The van der Waals surface area contributed by atoms with E-state index < -0.39 is 0 Å². The smallest absolute Gasteiger partial charge is 0.143 e. The number of allylic oxidation sites excluding steroid dienone is 2. The van der Waals surface area contributed by atoms with Crippen LogP contribution < -0.4 is 9.64 Å². The van der Waals surface area contributed by atoms with Gasteiger partial charge in [0.2, 0.25) is 0 Å². The lowest BCUT2D eigenvalue weighted by molar-refractivity contribution is 0.269. The zero-order valence-corrected chi connectivity index (χ0v) is 33.1. The van der Waals surface area contributed by atoms with E-state index in [1.165, 1.54) is 54.6 Å². The molecular weight excluding hydrogens is 743 g/mol. The van der Waals surface area contributed by atoms with E-state index in [9.17, 15) is 0 Å². The number of nitrogens with zero attached hydrogens (tertiary/aromatic N) is 1. The largest absolute Gasteiger partial charge is 0.485 e. The van der Waals surface area contributed by atoms with Crippen LogP contribution in [-0.2, 0) is 0 Å². The van der Waals surface area contributed by atoms with Gasteiger partial charge in [0.05, 0.1) is 16.8 Å². The van der Waals surface area contributed by atoms with Crippen molar-refractivity contribution >= 4 is 87.7 Å². The van der Waals surface area contributed by atoms with Crippen molar-refractivity contribution in [3.05, 3.63) is 223 Å². The molecule has 61 heavy (non-hydrogen) atoms. The molecular formula is C58H37NO2. The fourth-order valence-electron chi connectivity index (χ4n) is 10.1. The van der Waals surface area contributed by atoms with Crippen molar-refractivity contribution in [1.82, 2.24) is 0 Å². The maximum Gasteiger partial charge on any atom is 0.143 e. The monoisotopic (exact) mass is 779 g/mol. The van der Waals surface area contributed by atoms with E-state index in [1.54, 1.807) is 0 Å². The molecule has 3 heteroatoms. The van der Waals surface area contributed by atoms with Gasteiger partial charge in [0.1, 0.15) is 23.0 Å². The Morgan fingerprint density at radius 3 is 1.97 bits per heavy atom. The molecule has 0 amide bonds. The third-order valence-corrected chi connectivity index (χ3v) is 13.0. The van der Waals surface area contributed by atoms with Crippen molar-refractivity contribution in [2.75, 3.05) is 4.90 Å². The molecule has 0 bridgehead atoms. The second-order valence-electron chi connectivity index (χ2n) is 16.3. The molecule has 11 aromatic rings. The SMILES string of the molecule is C1=CC2Oc3cc4ccccc4cc3C2C=C1c1ccccc1N(c1ccc(-c2cccc3c2ccc2ccccc23)cc1)c1cccc2oc3c4ccccc4ccc3c12. The predicted octanol–water partition coefficient (Wildman–Crippen LogP) is 15.8. The van der Waals surface area contributed by atoms with Crippen LogP contribution in [0.5, 0.6) is 5.75 Å². The summed E-state index contributed by atoms with van der Waals surface area (Å²) in [5.74, 6) is 1.07. The van der Waals surface area contributed by atoms with Crippen molar-refractivity contribution in [2.45, 2.75) is 12.0 Å². The zero-order chi connectivity index (χ0) is 40.0. The molecule has 2 unspecified atom stereocenters. The maximum atomic E-state index is 6.77. The van der Waals surface area contributed by atoms with Gasteiger partial charge in [-0.05, 0) is 109 Å². The van der Waals surface area contributed by atoms with Crippen LogP contribution in [0.4, 0.5) is 17.1 Å². The topological polar surface area (TPSA) is 25.6 Å². The predicted molar refractivity (Wildman–Crippen MR) is 255 cm³/mol. The summed E-state index contributed by atoms with van der Waals surface area (Å²) in [6.45, 7) is 0. The van der Waals surface area contributed by atoms with Gasteiger partial charge in [-0.2, -0.15) is 0 Å². The quantitative estimate of drug-likeness (QED) is 0.163. The molecule has 0 spiro atoms. The minimum absolute atomic E-state index is 0.0423. The molecule has 0 saturated carbocycles. The Labute approximate surface area is 352 Å². The fraction of sp³-hybridized carbons (Fsp3) is 0.0345. The summed E-state index contributed by atoms with van der Waals surface area (Å²) in [5, 5.41) is 11.9. The van der Waals surface area contributed by atoms with Crippen molar-refractivity contribution < 1.29 is 9.15 Å². The van der Waals surface area contributed by atoms with Crippen molar-refractivity contribution in [3.8, 4) is 16.9 Å². The summed E-state index contributed by atoms with van der Waals surface area (Å²) in [6, 6.07) is 70.1. The van der Waals surface area contributed by atoms with E-state index >= 15 is 0 Å². The minimum Gasteiger partial charge on any atom is -0.485 e. The highest BCUT2D eigenvalue weighted by Crippen LogP contribution is 2.49. The lowest BCUT2D eigenvalue weighted by Crippen LogP contribution is -2.18. The highest BCUT2D eigenvalue weighted by atomic mass is 16.5. The summed E-state index contributed by atoms with van der Waals surface area (Å²) in [6.07, 6.45) is 6.86. The van der Waals surface area contributed by atoms with Gasteiger partial charge in [0.15, 0.2) is 0 Å². The van der Waals surface area contributed by atoms with Crippen LogP contribution in [0.2, 0.25) is 0 Å². The summed E-state index contributed by atoms with van der Waals surface area (Å²) in [7, 11) is 0. The number of anilines is 3. The number of fused-ring (bicyclic) bond motifs is 12. The number of benzene rings is 10. The van der Waals surface area contributed by atoms with Gasteiger partial charge in [-0.15, -0.1) is 0 Å². The molecule has 13 rings (SSSR count). The summed E-state index contributed by atoms with van der Waals surface area (Å²) < 4.78 is 13.3. The molecule has 2 heterocycles. The molecule has 0 fully saturated rings. The Hall–Kier alpha value is -7.88. The lowest BCUT2D eigenvalue weighted by Gasteiger charge is -2.29. The van der Waals surface area contributed by atoms with E-state index in [1.807, 2.05) is 0 Å². The van der Waals surface area contributed by atoms with Crippen molar-refractivity contribution in [2.24, 2.45) is 0 Å². The average molecular weight is 780 g/mol. The van der Waals surface area contributed by atoms with Gasteiger partial charge < -0.3 is 14.1 Å². The standard InChI is InChI=1S/C58H37NO2/c1-2-14-40-35-56-51(33-39(40)13-1)50-34-41(27-32-54(50)60-56)45-16-7-8-20-52(45)59(53-21-10-22-55-57(53)49-31-26-37-12-4-6-17-46(37)58(49)61-55)42-28-23-38(24-29-42)44-18-9-19-47-43-15-5-3-11-36(43)25-30-48(44)47/h1-35,50,54H. The van der Waals surface area contributed by atoms with Crippen LogP contribution in [0.15, 0.2) is 217 Å². The second-order valence-corrected chi connectivity index (χ2v) is 16.3. The first kappa shape index (κ1) is 34.0. The highest BCUT2D eigenvalue weighted by molar-refractivity contribution is 6.20. The van der Waals surface area contributed by atoms with Crippen LogP contribution >= 0.6 is 0 Å². The average Bonchev–Trinajstić information content (AvgIpc) is 3.89. The van der Waals surface area contributed by atoms with Crippen molar-refractivity contribution in [1.29, 1.82) is 0 Å². The molecule has 286 valence electrons. The third-order valence-electron chi connectivity index (χ3n) is 13.0. The van der Waals surface area contributed by atoms with Crippen LogP contribution in [-0.4, -0.2) is 6.10 Å². The Bertz CT molecular complexity index is 3650. The number of furan rings is 1. The number of hydrogen-bond acceptors (Lipinski definition) is 3. The molecule has 10 aromatic carbocycles. The van der Waals surface area contributed by atoms with Gasteiger partial charge in [-0.1, -0.05) is 158 Å². The zero-order valence-electron chi connectivity index (χ0n) is 33.1.